The van der Waals surface area contributed by atoms with Gasteiger partial charge in [0.1, 0.15) is 0 Å². The molecular weight excluding hydrogens is 202 g/mol. The molecule has 74 valence electrons. The van der Waals surface area contributed by atoms with E-state index in [0.29, 0.717) is 0 Å². The minimum atomic E-state index is -0.290. The summed E-state index contributed by atoms with van der Waals surface area (Å²) in [5.74, 6) is -0.290. The van der Waals surface area contributed by atoms with Crippen molar-refractivity contribution in [3.8, 4) is 0 Å². The van der Waals surface area contributed by atoms with Crippen molar-refractivity contribution in [3.05, 3.63) is 35.6 Å². The number of aromatic nitrogens is 2. The molecule has 0 radical (unpaired) electrons. The van der Waals surface area contributed by atoms with Crippen LogP contribution >= 0.6 is 11.6 Å². The van der Waals surface area contributed by atoms with Gasteiger partial charge >= 0.3 is 0 Å². The Morgan fingerprint density at radius 2 is 2.36 bits per heavy atom. The van der Waals surface area contributed by atoms with Crippen molar-refractivity contribution in [1.82, 2.24) is 15.5 Å². The molecule has 1 aromatic heterocycles. The zero-order valence-corrected chi connectivity index (χ0v) is 8.45. The molecule has 1 unspecified atom stereocenters. The minimum Gasteiger partial charge on any atom is -0.345 e. The van der Waals surface area contributed by atoms with Gasteiger partial charge in [-0.05, 0) is 19.1 Å². The number of hydrogen-bond acceptors (Lipinski definition) is 3. The molecule has 14 heavy (non-hydrogen) atoms. The first-order valence-corrected chi connectivity index (χ1v) is 4.44. The Morgan fingerprint density at radius 1 is 1.64 bits per heavy atom. The van der Waals surface area contributed by atoms with Crippen LogP contribution in [0.4, 0.5) is 0 Å². The molecule has 0 aliphatic heterocycles. The van der Waals surface area contributed by atoms with Crippen LogP contribution in [0.15, 0.2) is 24.8 Å². The molecule has 1 N–H and O–H groups in total. The second-order valence-corrected chi connectivity index (χ2v) is 3.13. The second-order valence-electron chi connectivity index (χ2n) is 2.74. The van der Waals surface area contributed by atoms with Crippen LogP contribution in [0.25, 0.3) is 0 Å². The van der Waals surface area contributed by atoms with E-state index in [4.69, 9.17) is 11.6 Å². The summed E-state index contributed by atoms with van der Waals surface area (Å²) in [4.78, 5) is 11.4. The summed E-state index contributed by atoms with van der Waals surface area (Å²) >= 11 is 5.53. The molecule has 4 nitrogen and oxygen atoms in total. The van der Waals surface area contributed by atoms with Gasteiger partial charge in [-0.25, -0.2) is 0 Å². The van der Waals surface area contributed by atoms with E-state index in [-0.39, 0.29) is 22.8 Å². The van der Waals surface area contributed by atoms with Crippen LogP contribution in [0, 0.1) is 0 Å². The van der Waals surface area contributed by atoms with Gasteiger partial charge in [0, 0.05) is 6.04 Å². The molecule has 0 spiro atoms. The zero-order chi connectivity index (χ0) is 10.6. The summed E-state index contributed by atoms with van der Waals surface area (Å²) in [5.41, 5.74) is 0.239. The second kappa shape index (κ2) is 4.72. The summed E-state index contributed by atoms with van der Waals surface area (Å²) in [7, 11) is 0. The predicted octanol–water partition coefficient (Wildman–Crippen LogP) is 1.43. The lowest BCUT2D eigenvalue weighted by Crippen LogP contribution is -2.31. The molecule has 0 aliphatic rings. The van der Waals surface area contributed by atoms with Gasteiger partial charge in [-0.3, -0.25) is 4.79 Å². The SMILES string of the molecule is C=CC(C)NC(=O)c1ccc(Cl)nn1. The fraction of sp³-hybridized carbons (Fsp3) is 0.222. The van der Waals surface area contributed by atoms with Gasteiger partial charge in [0.15, 0.2) is 10.8 Å². The maximum Gasteiger partial charge on any atom is 0.272 e. The molecule has 1 amide bonds. The number of amides is 1. The Balaban J connectivity index is 2.70. The lowest BCUT2D eigenvalue weighted by atomic mass is 10.3. The van der Waals surface area contributed by atoms with Gasteiger partial charge in [-0.1, -0.05) is 17.7 Å². The highest BCUT2D eigenvalue weighted by molar-refractivity contribution is 6.29. The lowest BCUT2D eigenvalue weighted by Gasteiger charge is -2.07. The molecule has 0 aliphatic carbocycles. The summed E-state index contributed by atoms with van der Waals surface area (Å²) in [5, 5.41) is 10.1. The number of halogens is 1. The van der Waals surface area contributed by atoms with E-state index in [2.05, 4.69) is 22.1 Å². The van der Waals surface area contributed by atoms with Gasteiger partial charge in [-0.2, -0.15) is 0 Å². The molecule has 1 atom stereocenters. The number of hydrogen-bond donors (Lipinski definition) is 1. The molecule has 1 heterocycles. The van der Waals surface area contributed by atoms with Crippen molar-refractivity contribution in [2.24, 2.45) is 0 Å². The van der Waals surface area contributed by atoms with Gasteiger partial charge in [0.2, 0.25) is 0 Å². The van der Waals surface area contributed by atoms with Gasteiger partial charge in [0.05, 0.1) is 0 Å². The third kappa shape index (κ3) is 2.81. The van der Waals surface area contributed by atoms with Crippen molar-refractivity contribution in [3.63, 3.8) is 0 Å². The average molecular weight is 212 g/mol. The van der Waals surface area contributed by atoms with E-state index in [1.54, 1.807) is 6.08 Å². The van der Waals surface area contributed by atoms with Gasteiger partial charge < -0.3 is 5.32 Å². The Kier molecular flexibility index (Phi) is 3.59. The monoisotopic (exact) mass is 211 g/mol. The third-order valence-electron chi connectivity index (χ3n) is 1.58. The molecule has 5 heteroatoms. The van der Waals surface area contributed by atoms with E-state index in [1.807, 2.05) is 6.92 Å². The fourth-order valence-electron chi connectivity index (χ4n) is 0.777. The Hall–Kier alpha value is -1.42. The van der Waals surface area contributed by atoms with Crippen LogP contribution in [0.3, 0.4) is 0 Å². The highest BCUT2D eigenvalue weighted by Gasteiger charge is 2.08. The highest BCUT2D eigenvalue weighted by atomic mass is 35.5. The average Bonchev–Trinajstić information content (AvgIpc) is 2.18. The smallest absolute Gasteiger partial charge is 0.272 e. The quantitative estimate of drug-likeness (QED) is 0.770. The highest BCUT2D eigenvalue weighted by Crippen LogP contribution is 2.02. The first-order chi connectivity index (χ1) is 6.63. The van der Waals surface area contributed by atoms with Crippen LogP contribution in [0.5, 0.6) is 0 Å². The van der Waals surface area contributed by atoms with Crippen LogP contribution in [-0.4, -0.2) is 22.1 Å². The zero-order valence-electron chi connectivity index (χ0n) is 7.70. The topological polar surface area (TPSA) is 54.9 Å². The molecule has 1 aromatic rings. The molecule has 0 saturated carbocycles. The maximum atomic E-state index is 11.4. The first kappa shape index (κ1) is 10.7. The predicted molar refractivity (Wildman–Crippen MR) is 54.2 cm³/mol. The van der Waals surface area contributed by atoms with Gasteiger partial charge in [0.25, 0.3) is 5.91 Å². The third-order valence-corrected chi connectivity index (χ3v) is 1.78. The molecule has 0 bridgehead atoms. The van der Waals surface area contributed by atoms with Crippen molar-refractivity contribution < 1.29 is 4.79 Å². The fourth-order valence-corrected chi connectivity index (χ4v) is 0.878. The van der Waals surface area contributed by atoms with Crippen LogP contribution < -0.4 is 5.32 Å². The largest absolute Gasteiger partial charge is 0.345 e. The minimum absolute atomic E-state index is 0.0972. The molecule has 0 aromatic carbocycles. The number of nitrogens with zero attached hydrogens (tertiary/aromatic N) is 2. The summed E-state index contributed by atoms with van der Waals surface area (Å²) < 4.78 is 0. The van der Waals surface area contributed by atoms with Crippen LogP contribution in [0.1, 0.15) is 17.4 Å². The Morgan fingerprint density at radius 3 is 2.86 bits per heavy atom. The van der Waals surface area contributed by atoms with Crippen molar-refractivity contribution in [1.29, 1.82) is 0 Å². The first-order valence-electron chi connectivity index (χ1n) is 4.06. The van der Waals surface area contributed by atoms with Gasteiger partial charge in [-0.15, -0.1) is 16.8 Å². The number of rotatable bonds is 3. The number of carbonyl (C=O) groups is 1. The Bertz CT molecular complexity index is 336. The van der Waals surface area contributed by atoms with Crippen molar-refractivity contribution >= 4 is 17.5 Å². The summed E-state index contributed by atoms with van der Waals surface area (Å²) in [6.07, 6.45) is 1.63. The van der Waals surface area contributed by atoms with Crippen LogP contribution in [0.2, 0.25) is 5.15 Å². The van der Waals surface area contributed by atoms with E-state index in [1.165, 1.54) is 12.1 Å². The lowest BCUT2D eigenvalue weighted by molar-refractivity contribution is 0.0941. The summed E-state index contributed by atoms with van der Waals surface area (Å²) in [6.45, 7) is 5.36. The standard InChI is InChI=1S/C9H10ClN3O/c1-3-6(2)11-9(14)7-4-5-8(10)13-12-7/h3-6H,1H2,2H3,(H,11,14). The molecule has 1 rings (SSSR count). The van der Waals surface area contributed by atoms with E-state index >= 15 is 0 Å². The normalized spacial score (nSPS) is 11.9. The number of carbonyl (C=O) groups excluding carboxylic acids is 1. The maximum absolute atomic E-state index is 11.4. The van der Waals surface area contributed by atoms with Crippen molar-refractivity contribution in [2.45, 2.75) is 13.0 Å². The van der Waals surface area contributed by atoms with Crippen molar-refractivity contribution in [2.75, 3.05) is 0 Å². The Labute approximate surface area is 87.0 Å². The molecule has 0 fully saturated rings. The van der Waals surface area contributed by atoms with E-state index in [9.17, 15) is 4.79 Å². The molecule has 0 saturated heterocycles. The number of nitrogens with one attached hydrogen (secondary N) is 1. The summed E-state index contributed by atoms with van der Waals surface area (Å²) in [6, 6.07) is 2.93. The molecular formula is C9H10ClN3O. The van der Waals surface area contributed by atoms with E-state index in [0.717, 1.165) is 0 Å². The van der Waals surface area contributed by atoms with Crippen LogP contribution in [-0.2, 0) is 0 Å². The van der Waals surface area contributed by atoms with E-state index < -0.39 is 0 Å².